The average Bonchev–Trinajstić information content (AvgIpc) is 2.86. The van der Waals surface area contributed by atoms with Gasteiger partial charge in [-0.2, -0.15) is 0 Å². The van der Waals surface area contributed by atoms with E-state index >= 15 is 0 Å². The fourth-order valence-electron chi connectivity index (χ4n) is 3.40. The first-order valence-corrected chi connectivity index (χ1v) is 7.63. The topological polar surface area (TPSA) is 26.7 Å². The Morgan fingerprint density at radius 1 is 1.05 bits per heavy atom. The van der Waals surface area contributed by atoms with Crippen LogP contribution < -0.4 is 4.90 Å². The van der Waals surface area contributed by atoms with Crippen molar-refractivity contribution in [2.45, 2.75) is 25.4 Å². The number of anilines is 1. The van der Waals surface area contributed by atoms with E-state index in [-0.39, 0.29) is 11.9 Å². The SMILES string of the molecule is OC1CCCC1CN1CCN(c2ccc(F)cc2)CC1. The van der Waals surface area contributed by atoms with Crippen LogP contribution in [0.4, 0.5) is 10.1 Å². The Labute approximate surface area is 120 Å². The molecule has 110 valence electrons. The molecule has 1 aliphatic carbocycles. The predicted octanol–water partition coefficient (Wildman–Crippen LogP) is 2.11. The maximum Gasteiger partial charge on any atom is 0.123 e. The van der Waals surface area contributed by atoms with E-state index in [1.54, 1.807) is 0 Å². The summed E-state index contributed by atoms with van der Waals surface area (Å²) in [6.45, 7) is 5.04. The van der Waals surface area contributed by atoms with Crippen molar-refractivity contribution in [3.05, 3.63) is 30.1 Å². The molecule has 2 aliphatic rings. The van der Waals surface area contributed by atoms with Gasteiger partial charge in [-0.3, -0.25) is 4.90 Å². The van der Waals surface area contributed by atoms with Gasteiger partial charge in [0.25, 0.3) is 0 Å². The molecule has 0 amide bonds. The Kier molecular flexibility index (Phi) is 4.22. The molecular formula is C16H23FN2O. The second kappa shape index (κ2) is 6.10. The Morgan fingerprint density at radius 2 is 1.75 bits per heavy atom. The van der Waals surface area contributed by atoms with E-state index in [2.05, 4.69) is 9.80 Å². The second-order valence-corrected chi connectivity index (χ2v) is 6.02. The maximum atomic E-state index is 12.9. The average molecular weight is 278 g/mol. The fourth-order valence-corrected chi connectivity index (χ4v) is 3.40. The van der Waals surface area contributed by atoms with E-state index < -0.39 is 0 Å². The third kappa shape index (κ3) is 3.13. The van der Waals surface area contributed by atoms with Gasteiger partial charge in [0.1, 0.15) is 5.82 Å². The number of hydrogen-bond acceptors (Lipinski definition) is 3. The van der Waals surface area contributed by atoms with Gasteiger partial charge in [-0.1, -0.05) is 6.42 Å². The predicted molar refractivity (Wildman–Crippen MR) is 78.4 cm³/mol. The van der Waals surface area contributed by atoms with Gasteiger partial charge in [-0.05, 0) is 43.0 Å². The Morgan fingerprint density at radius 3 is 2.35 bits per heavy atom. The molecule has 0 radical (unpaired) electrons. The van der Waals surface area contributed by atoms with Gasteiger partial charge in [0, 0.05) is 38.4 Å². The van der Waals surface area contributed by atoms with Gasteiger partial charge in [-0.15, -0.1) is 0 Å². The van der Waals surface area contributed by atoms with Crippen LogP contribution in [0.3, 0.4) is 0 Å². The van der Waals surface area contributed by atoms with Crippen LogP contribution in [-0.4, -0.2) is 48.8 Å². The van der Waals surface area contributed by atoms with E-state index in [1.165, 1.54) is 25.0 Å². The van der Waals surface area contributed by atoms with Gasteiger partial charge in [0.15, 0.2) is 0 Å². The van der Waals surface area contributed by atoms with E-state index in [9.17, 15) is 9.50 Å². The maximum absolute atomic E-state index is 12.9. The Bertz CT molecular complexity index is 429. The molecule has 0 bridgehead atoms. The zero-order valence-electron chi connectivity index (χ0n) is 11.8. The first-order valence-electron chi connectivity index (χ1n) is 7.63. The number of nitrogens with zero attached hydrogens (tertiary/aromatic N) is 2. The smallest absolute Gasteiger partial charge is 0.123 e. The lowest BCUT2D eigenvalue weighted by atomic mass is 10.0. The summed E-state index contributed by atoms with van der Waals surface area (Å²) in [5.74, 6) is 0.287. The fraction of sp³-hybridized carbons (Fsp3) is 0.625. The molecule has 1 saturated carbocycles. The van der Waals surface area contributed by atoms with Crippen LogP contribution >= 0.6 is 0 Å². The molecule has 0 spiro atoms. The van der Waals surface area contributed by atoms with Crippen LogP contribution in [0.1, 0.15) is 19.3 Å². The summed E-state index contributed by atoms with van der Waals surface area (Å²) in [6, 6.07) is 6.75. The van der Waals surface area contributed by atoms with E-state index in [0.29, 0.717) is 5.92 Å². The molecule has 1 aliphatic heterocycles. The zero-order valence-corrected chi connectivity index (χ0v) is 11.8. The summed E-state index contributed by atoms with van der Waals surface area (Å²) in [4.78, 5) is 4.76. The number of piperazine rings is 1. The summed E-state index contributed by atoms with van der Waals surface area (Å²) in [5, 5.41) is 9.90. The molecule has 0 aromatic heterocycles. The van der Waals surface area contributed by atoms with Crippen molar-refractivity contribution in [3.63, 3.8) is 0 Å². The van der Waals surface area contributed by atoms with E-state index in [0.717, 1.165) is 44.8 Å². The second-order valence-electron chi connectivity index (χ2n) is 6.02. The van der Waals surface area contributed by atoms with Crippen LogP contribution in [0.25, 0.3) is 0 Å². The van der Waals surface area contributed by atoms with Crippen molar-refractivity contribution >= 4 is 5.69 Å². The monoisotopic (exact) mass is 278 g/mol. The van der Waals surface area contributed by atoms with Crippen molar-refractivity contribution in [3.8, 4) is 0 Å². The highest BCUT2D eigenvalue weighted by atomic mass is 19.1. The van der Waals surface area contributed by atoms with Crippen LogP contribution in [0.5, 0.6) is 0 Å². The summed E-state index contributed by atoms with van der Waals surface area (Å²) >= 11 is 0. The van der Waals surface area contributed by atoms with Crippen LogP contribution in [0.2, 0.25) is 0 Å². The normalized spacial score (nSPS) is 28.0. The molecule has 20 heavy (non-hydrogen) atoms. The van der Waals surface area contributed by atoms with Gasteiger partial charge in [0.05, 0.1) is 6.10 Å². The summed E-state index contributed by atoms with van der Waals surface area (Å²) < 4.78 is 12.9. The number of aliphatic hydroxyl groups is 1. The minimum Gasteiger partial charge on any atom is -0.393 e. The van der Waals surface area contributed by atoms with Crippen LogP contribution in [-0.2, 0) is 0 Å². The third-order valence-electron chi connectivity index (χ3n) is 4.68. The highest BCUT2D eigenvalue weighted by Crippen LogP contribution is 2.27. The van der Waals surface area contributed by atoms with Crippen LogP contribution in [0.15, 0.2) is 24.3 Å². The lowest BCUT2D eigenvalue weighted by molar-refractivity contribution is 0.0997. The quantitative estimate of drug-likeness (QED) is 0.917. The first kappa shape index (κ1) is 13.8. The largest absolute Gasteiger partial charge is 0.393 e. The minimum atomic E-state index is -0.178. The third-order valence-corrected chi connectivity index (χ3v) is 4.68. The lowest BCUT2D eigenvalue weighted by Gasteiger charge is -2.37. The molecule has 1 heterocycles. The minimum absolute atomic E-state index is 0.0925. The standard InChI is InChI=1S/C16H23FN2O/c17-14-4-6-15(7-5-14)19-10-8-18(9-11-19)12-13-2-1-3-16(13)20/h4-7,13,16,20H,1-3,8-12H2. The molecule has 2 fully saturated rings. The first-order chi connectivity index (χ1) is 9.72. The van der Waals surface area contributed by atoms with Crippen molar-refractivity contribution in [1.82, 2.24) is 4.90 Å². The van der Waals surface area contributed by atoms with Crippen molar-refractivity contribution in [2.75, 3.05) is 37.6 Å². The highest BCUT2D eigenvalue weighted by molar-refractivity contribution is 5.46. The van der Waals surface area contributed by atoms with E-state index in [4.69, 9.17) is 0 Å². The van der Waals surface area contributed by atoms with Crippen molar-refractivity contribution < 1.29 is 9.50 Å². The van der Waals surface area contributed by atoms with Gasteiger partial charge in [-0.25, -0.2) is 4.39 Å². The molecule has 2 atom stereocenters. The highest BCUT2D eigenvalue weighted by Gasteiger charge is 2.28. The molecule has 1 saturated heterocycles. The summed E-state index contributed by atoms with van der Waals surface area (Å²) in [7, 11) is 0. The summed E-state index contributed by atoms with van der Waals surface area (Å²) in [5.41, 5.74) is 1.10. The number of aliphatic hydroxyl groups excluding tert-OH is 1. The molecule has 1 aromatic carbocycles. The van der Waals surface area contributed by atoms with Gasteiger partial charge >= 0.3 is 0 Å². The van der Waals surface area contributed by atoms with Crippen molar-refractivity contribution in [1.29, 1.82) is 0 Å². The molecular weight excluding hydrogens is 255 g/mol. The van der Waals surface area contributed by atoms with E-state index in [1.807, 2.05) is 12.1 Å². The van der Waals surface area contributed by atoms with Crippen molar-refractivity contribution in [2.24, 2.45) is 5.92 Å². The van der Waals surface area contributed by atoms with Crippen LogP contribution in [0, 0.1) is 11.7 Å². The molecule has 4 heteroatoms. The number of halogens is 1. The summed E-state index contributed by atoms with van der Waals surface area (Å²) in [6.07, 6.45) is 3.21. The van der Waals surface area contributed by atoms with Gasteiger partial charge in [0.2, 0.25) is 0 Å². The molecule has 3 nitrogen and oxygen atoms in total. The zero-order chi connectivity index (χ0) is 13.9. The number of hydrogen-bond donors (Lipinski definition) is 1. The number of benzene rings is 1. The molecule has 2 unspecified atom stereocenters. The molecule has 3 rings (SSSR count). The lowest BCUT2D eigenvalue weighted by Crippen LogP contribution is -2.48. The molecule has 1 N–H and O–H groups in total. The number of rotatable bonds is 3. The molecule has 1 aromatic rings. The Hall–Kier alpha value is -1.13. The Balaban J connectivity index is 1.50. The van der Waals surface area contributed by atoms with Gasteiger partial charge < -0.3 is 10.0 Å².